The molecule has 1 fully saturated rings. The molecule has 0 saturated carbocycles. The van der Waals surface area contributed by atoms with E-state index in [4.69, 9.17) is 14.5 Å². The Morgan fingerprint density at radius 1 is 1.10 bits per heavy atom. The summed E-state index contributed by atoms with van der Waals surface area (Å²) in [6, 6.07) is 13.4. The Balaban J connectivity index is 1.90. The van der Waals surface area contributed by atoms with Crippen LogP contribution in [0.3, 0.4) is 0 Å². The van der Waals surface area contributed by atoms with Crippen LogP contribution in [-0.4, -0.2) is 58.3 Å². The number of fused-ring (bicyclic) bond motifs is 1. The number of amidine groups is 1. The Kier molecular flexibility index (Phi) is 7.33. The third-order valence-electron chi connectivity index (χ3n) is 6.70. The molecule has 3 heterocycles. The lowest BCUT2D eigenvalue weighted by Crippen LogP contribution is -2.45. The number of benzene rings is 2. The zero-order valence-electron chi connectivity index (χ0n) is 21.4. The molecule has 204 valence electrons. The van der Waals surface area contributed by atoms with Crippen LogP contribution >= 0.6 is 7.36 Å². The fourth-order valence-electron chi connectivity index (χ4n) is 4.96. The molecule has 0 bridgehead atoms. The van der Waals surface area contributed by atoms with Gasteiger partial charge in [0.25, 0.3) is 0 Å². The van der Waals surface area contributed by atoms with Gasteiger partial charge in [0.1, 0.15) is 11.7 Å². The number of hydrogen-bond acceptors (Lipinski definition) is 5. The SMILES string of the molecule is Cc1nn(CCC#N)c2c1P(=Nc1ccccc1C(F)(F)F)(N1CCOCC1)N(C)C(c1ccccc1F)=N2. The van der Waals surface area contributed by atoms with E-state index in [9.17, 15) is 18.4 Å². The van der Waals surface area contributed by atoms with Gasteiger partial charge in [0.15, 0.2) is 13.2 Å². The van der Waals surface area contributed by atoms with Gasteiger partial charge in [-0.05, 0) is 31.2 Å². The molecule has 13 heteroatoms. The zero-order valence-corrected chi connectivity index (χ0v) is 22.3. The minimum absolute atomic E-state index is 0.144. The summed E-state index contributed by atoms with van der Waals surface area (Å²) >= 11 is 0. The molecule has 2 aromatic carbocycles. The topological polar surface area (TPSA) is 82.0 Å². The van der Waals surface area contributed by atoms with E-state index in [2.05, 4.69) is 11.2 Å². The molecule has 1 atom stereocenters. The predicted octanol–water partition coefficient (Wildman–Crippen LogP) is 5.61. The van der Waals surface area contributed by atoms with Crippen LogP contribution in [0, 0.1) is 24.1 Å². The van der Waals surface area contributed by atoms with E-state index in [0.29, 0.717) is 43.1 Å². The second kappa shape index (κ2) is 10.6. The second-order valence-corrected chi connectivity index (χ2v) is 12.0. The number of hydrogen-bond donors (Lipinski definition) is 0. The summed E-state index contributed by atoms with van der Waals surface area (Å²) in [7, 11) is -1.61. The highest BCUT2D eigenvalue weighted by Crippen LogP contribution is 2.62. The van der Waals surface area contributed by atoms with Crippen LogP contribution in [0.4, 0.5) is 29.1 Å². The predicted molar refractivity (Wildman–Crippen MR) is 140 cm³/mol. The summed E-state index contributed by atoms with van der Waals surface area (Å²) in [4.78, 5) is 4.82. The molecule has 0 N–H and O–H groups in total. The van der Waals surface area contributed by atoms with Gasteiger partial charge >= 0.3 is 6.18 Å². The first kappa shape index (κ1) is 27.1. The molecule has 0 aliphatic carbocycles. The van der Waals surface area contributed by atoms with Gasteiger partial charge in [-0.25, -0.2) is 23.5 Å². The highest BCUT2D eigenvalue weighted by Gasteiger charge is 2.46. The van der Waals surface area contributed by atoms with Crippen molar-refractivity contribution in [3.05, 3.63) is 71.2 Å². The van der Waals surface area contributed by atoms with Crippen LogP contribution in [-0.2, 0) is 17.5 Å². The lowest BCUT2D eigenvalue weighted by atomic mass is 10.2. The van der Waals surface area contributed by atoms with Gasteiger partial charge in [0.2, 0.25) is 0 Å². The minimum atomic E-state index is -4.64. The maximum absolute atomic E-state index is 15.2. The molecule has 3 aromatic rings. The van der Waals surface area contributed by atoms with E-state index >= 15 is 4.39 Å². The van der Waals surface area contributed by atoms with Crippen LogP contribution in [0.5, 0.6) is 0 Å². The van der Waals surface area contributed by atoms with Gasteiger partial charge < -0.3 is 9.41 Å². The number of aryl methyl sites for hydroxylation is 2. The largest absolute Gasteiger partial charge is 0.418 e. The van der Waals surface area contributed by atoms with E-state index < -0.39 is 24.9 Å². The van der Waals surface area contributed by atoms with Crippen LogP contribution in [0.2, 0.25) is 0 Å². The first-order chi connectivity index (χ1) is 18.7. The third kappa shape index (κ3) is 4.75. The van der Waals surface area contributed by atoms with Crippen molar-refractivity contribution in [1.29, 1.82) is 5.26 Å². The van der Waals surface area contributed by atoms with E-state index in [-0.39, 0.29) is 30.1 Å². The lowest BCUT2D eigenvalue weighted by Gasteiger charge is -2.46. The number of halogens is 4. The summed E-state index contributed by atoms with van der Waals surface area (Å²) in [6.07, 6.45) is -4.49. The maximum atomic E-state index is 15.2. The molecule has 2 aliphatic heterocycles. The molecule has 1 saturated heterocycles. The molecule has 5 rings (SSSR count). The maximum Gasteiger partial charge on any atom is 0.418 e. The minimum Gasteiger partial charge on any atom is -0.379 e. The molecule has 0 amide bonds. The molecule has 2 aliphatic rings. The Labute approximate surface area is 223 Å². The van der Waals surface area contributed by atoms with Crippen molar-refractivity contribution in [2.45, 2.75) is 26.1 Å². The first-order valence-electron chi connectivity index (χ1n) is 12.3. The normalized spacial score (nSPS) is 19.8. The Morgan fingerprint density at radius 3 is 2.49 bits per heavy atom. The quantitative estimate of drug-likeness (QED) is 0.300. The van der Waals surface area contributed by atoms with E-state index in [1.54, 1.807) is 41.5 Å². The Morgan fingerprint density at radius 2 is 1.79 bits per heavy atom. The molecular formula is C26H26F4N7OP. The molecule has 0 radical (unpaired) electrons. The highest BCUT2D eigenvalue weighted by atomic mass is 31.2. The van der Waals surface area contributed by atoms with Gasteiger partial charge in [-0.15, -0.1) is 0 Å². The van der Waals surface area contributed by atoms with Gasteiger partial charge in [0, 0.05) is 20.1 Å². The van der Waals surface area contributed by atoms with Crippen molar-refractivity contribution >= 4 is 30.0 Å². The third-order valence-corrected chi connectivity index (χ3v) is 10.5. The molecule has 1 aromatic heterocycles. The molecule has 1 unspecified atom stereocenters. The number of aromatic nitrogens is 2. The van der Waals surface area contributed by atoms with Gasteiger partial charge in [0.05, 0.1) is 60.1 Å². The Hall–Kier alpha value is -3.52. The Bertz CT molecular complexity index is 1520. The number of morpholine rings is 1. The van der Waals surface area contributed by atoms with E-state index in [0.717, 1.165) is 6.07 Å². The average Bonchev–Trinajstić information content (AvgIpc) is 3.24. The summed E-state index contributed by atoms with van der Waals surface area (Å²) in [5, 5.41) is 14.5. The lowest BCUT2D eigenvalue weighted by molar-refractivity contribution is -0.137. The number of ether oxygens (including phenoxy) is 1. The molecule has 0 spiro atoms. The summed E-state index contributed by atoms with van der Waals surface area (Å²) in [5.74, 6) is 0.0704. The summed E-state index contributed by atoms with van der Waals surface area (Å²) in [6.45, 7) is 3.47. The number of nitriles is 1. The zero-order chi connectivity index (χ0) is 27.8. The van der Waals surface area contributed by atoms with Gasteiger partial charge in [-0.1, -0.05) is 24.3 Å². The van der Waals surface area contributed by atoms with Crippen LogP contribution in [0.1, 0.15) is 23.2 Å². The van der Waals surface area contributed by atoms with Gasteiger partial charge in [-0.2, -0.15) is 23.5 Å². The monoisotopic (exact) mass is 559 g/mol. The van der Waals surface area contributed by atoms with Crippen LogP contribution in [0.25, 0.3) is 0 Å². The van der Waals surface area contributed by atoms with E-state index in [1.165, 1.54) is 24.3 Å². The summed E-state index contributed by atoms with van der Waals surface area (Å²) in [5.41, 5.74) is -0.355. The van der Waals surface area contributed by atoms with Crippen LogP contribution in [0.15, 0.2) is 58.3 Å². The fraction of sp³-hybridized carbons (Fsp3) is 0.346. The molecule has 8 nitrogen and oxygen atoms in total. The van der Waals surface area contributed by atoms with Crippen molar-refractivity contribution in [2.75, 3.05) is 33.4 Å². The number of alkyl halides is 3. The molecular weight excluding hydrogens is 533 g/mol. The van der Waals surface area contributed by atoms with Gasteiger partial charge in [-0.3, -0.25) is 0 Å². The van der Waals surface area contributed by atoms with Crippen molar-refractivity contribution < 1.29 is 22.3 Å². The number of nitrogens with zero attached hydrogens (tertiary/aromatic N) is 7. The second-order valence-electron chi connectivity index (χ2n) is 9.08. The average molecular weight is 560 g/mol. The smallest absolute Gasteiger partial charge is 0.379 e. The van der Waals surface area contributed by atoms with Crippen molar-refractivity contribution in [3.8, 4) is 6.07 Å². The van der Waals surface area contributed by atoms with E-state index in [1.807, 2.05) is 4.67 Å². The first-order valence-corrected chi connectivity index (χ1v) is 14.0. The number of aliphatic imine (C=N–C) groups is 1. The summed E-state index contributed by atoms with van der Waals surface area (Å²) < 4.78 is 73.6. The van der Waals surface area contributed by atoms with Crippen molar-refractivity contribution in [1.82, 2.24) is 19.1 Å². The fourth-order valence-corrected chi connectivity index (χ4v) is 8.81. The number of rotatable bonds is 5. The van der Waals surface area contributed by atoms with Crippen LogP contribution < -0.4 is 5.30 Å². The molecule has 39 heavy (non-hydrogen) atoms. The standard InChI is InChI=1S/C26H26F4N7OP/c1-18-23-25(37(33-18)13-7-12-31)32-24(19-8-3-5-10-21(19)27)35(2)39(23,36-14-16-38-17-15-36)34-22-11-6-4-9-20(22)26(28,29)30/h3-6,8-11H,7,13-17H2,1-2H3. The van der Waals surface area contributed by atoms with Crippen molar-refractivity contribution in [3.63, 3.8) is 0 Å². The highest BCUT2D eigenvalue weighted by molar-refractivity contribution is 7.70. The van der Waals surface area contributed by atoms with Crippen molar-refractivity contribution in [2.24, 2.45) is 9.74 Å².